The zero-order valence-corrected chi connectivity index (χ0v) is 13.2. The van der Waals surface area contributed by atoms with Crippen molar-refractivity contribution in [3.63, 3.8) is 0 Å². The summed E-state index contributed by atoms with van der Waals surface area (Å²) in [7, 11) is 0. The van der Waals surface area contributed by atoms with E-state index in [0.29, 0.717) is 6.54 Å². The number of ether oxygens (including phenoxy) is 1. The van der Waals surface area contributed by atoms with Crippen molar-refractivity contribution in [3.05, 3.63) is 44.8 Å². The van der Waals surface area contributed by atoms with E-state index in [1.54, 1.807) is 29.0 Å². The van der Waals surface area contributed by atoms with E-state index >= 15 is 0 Å². The molecule has 0 unspecified atom stereocenters. The largest absolute Gasteiger partial charge is 0.573 e. The summed E-state index contributed by atoms with van der Waals surface area (Å²) in [5.74, 6) is -0.242. The molecule has 3 nitrogen and oxygen atoms in total. The van der Waals surface area contributed by atoms with Gasteiger partial charge in [0.15, 0.2) is 0 Å². The SMILES string of the molecule is FC(F)(F)Oc1ccc(CNCCc2cscn2)cc1Br. The highest BCUT2D eigenvalue weighted by Gasteiger charge is 2.31. The second-order valence-corrected chi connectivity index (χ2v) is 5.79. The van der Waals surface area contributed by atoms with Crippen LogP contribution in [0.25, 0.3) is 0 Å². The first kappa shape index (κ1) is 16.3. The van der Waals surface area contributed by atoms with E-state index in [1.807, 2.05) is 5.38 Å². The van der Waals surface area contributed by atoms with Crippen LogP contribution >= 0.6 is 27.3 Å². The van der Waals surface area contributed by atoms with Crippen molar-refractivity contribution in [1.29, 1.82) is 0 Å². The lowest BCUT2D eigenvalue weighted by Crippen LogP contribution is -2.18. The topological polar surface area (TPSA) is 34.1 Å². The molecular formula is C13H12BrF3N2OS. The minimum atomic E-state index is -4.68. The summed E-state index contributed by atoms with van der Waals surface area (Å²) in [6.45, 7) is 1.32. The molecule has 114 valence electrons. The Bertz CT molecular complexity index is 575. The maximum atomic E-state index is 12.1. The minimum absolute atomic E-state index is 0.242. The summed E-state index contributed by atoms with van der Waals surface area (Å²) in [5, 5.41) is 5.20. The monoisotopic (exact) mass is 380 g/mol. The molecule has 0 aliphatic heterocycles. The normalized spacial score (nSPS) is 11.6. The molecule has 0 saturated heterocycles. The van der Waals surface area contributed by atoms with Crippen molar-refractivity contribution in [2.24, 2.45) is 0 Å². The van der Waals surface area contributed by atoms with Crippen LogP contribution in [0.4, 0.5) is 13.2 Å². The molecule has 0 aliphatic rings. The first-order valence-electron chi connectivity index (χ1n) is 6.06. The molecule has 21 heavy (non-hydrogen) atoms. The van der Waals surface area contributed by atoms with Crippen molar-refractivity contribution in [2.75, 3.05) is 6.54 Å². The molecule has 1 N–H and O–H groups in total. The molecule has 1 heterocycles. The van der Waals surface area contributed by atoms with E-state index in [0.717, 1.165) is 24.2 Å². The number of hydrogen-bond acceptors (Lipinski definition) is 4. The predicted molar refractivity (Wildman–Crippen MR) is 78.3 cm³/mol. The second kappa shape index (κ2) is 7.24. The Hall–Kier alpha value is -1.12. The third-order valence-corrected chi connectivity index (χ3v) is 3.85. The molecule has 1 aromatic carbocycles. The molecule has 0 fully saturated rings. The van der Waals surface area contributed by atoms with Gasteiger partial charge in [-0.15, -0.1) is 24.5 Å². The third-order valence-electron chi connectivity index (χ3n) is 2.59. The number of benzene rings is 1. The second-order valence-electron chi connectivity index (χ2n) is 4.22. The zero-order valence-electron chi connectivity index (χ0n) is 10.8. The summed E-state index contributed by atoms with van der Waals surface area (Å²) in [4.78, 5) is 4.17. The predicted octanol–water partition coefficient (Wildman–Crippen LogP) is 4.14. The Labute approximate surface area is 132 Å². The summed E-state index contributed by atoms with van der Waals surface area (Å²) in [6, 6.07) is 4.51. The molecule has 0 amide bonds. The van der Waals surface area contributed by atoms with Gasteiger partial charge in [0.25, 0.3) is 0 Å². The molecule has 0 radical (unpaired) electrons. The van der Waals surface area contributed by atoms with E-state index in [2.05, 4.69) is 31.0 Å². The Morgan fingerprint density at radius 1 is 1.33 bits per heavy atom. The van der Waals surface area contributed by atoms with Gasteiger partial charge in [-0.2, -0.15) is 0 Å². The minimum Gasteiger partial charge on any atom is -0.405 e. The molecule has 2 rings (SSSR count). The van der Waals surface area contributed by atoms with Gasteiger partial charge in [0.1, 0.15) is 5.75 Å². The van der Waals surface area contributed by atoms with Gasteiger partial charge in [-0.05, 0) is 33.6 Å². The standard InChI is InChI=1S/C13H12BrF3N2OS/c14-11-5-9(1-2-12(11)20-13(15,16)17)6-18-4-3-10-7-21-8-19-10/h1-2,5,7-8,18H,3-4,6H2. The Kier molecular flexibility index (Phi) is 5.60. The van der Waals surface area contributed by atoms with Gasteiger partial charge < -0.3 is 10.1 Å². The number of thiazole rings is 1. The van der Waals surface area contributed by atoms with Crippen LogP contribution in [0.15, 0.2) is 33.6 Å². The lowest BCUT2D eigenvalue weighted by atomic mass is 10.2. The van der Waals surface area contributed by atoms with Gasteiger partial charge in [0.2, 0.25) is 0 Å². The number of nitrogens with zero attached hydrogens (tertiary/aromatic N) is 1. The van der Waals surface area contributed by atoms with Crippen LogP contribution in [-0.2, 0) is 13.0 Å². The van der Waals surface area contributed by atoms with E-state index < -0.39 is 6.36 Å². The van der Waals surface area contributed by atoms with Crippen molar-refractivity contribution >= 4 is 27.3 Å². The number of hydrogen-bond donors (Lipinski definition) is 1. The highest BCUT2D eigenvalue weighted by Crippen LogP contribution is 2.30. The van der Waals surface area contributed by atoms with Crippen LogP contribution < -0.4 is 10.1 Å². The smallest absolute Gasteiger partial charge is 0.405 e. The first-order chi connectivity index (χ1) is 9.94. The molecule has 0 spiro atoms. The Morgan fingerprint density at radius 2 is 2.14 bits per heavy atom. The Morgan fingerprint density at radius 3 is 2.76 bits per heavy atom. The number of rotatable bonds is 6. The quantitative estimate of drug-likeness (QED) is 0.764. The fourth-order valence-corrected chi connectivity index (χ4v) is 2.77. The fourth-order valence-electron chi connectivity index (χ4n) is 1.67. The molecule has 8 heteroatoms. The summed E-state index contributed by atoms with van der Waals surface area (Å²) < 4.78 is 40.6. The third kappa shape index (κ3) is 5.64. The van der Waals surface area contributed by atoms with Gasteiger partial charge >= 0.3 is 6.36 Å². The summed E-state index contributed by atoms with van der Waals surface area (Å²) >= 11 is 4.63. The highest BCUT2D eigenvalue weighted by atomic mass is 79.9. The maximum Gasteiger partial charge on any atom is 0.573 e. The van der Waals surface area contributed by atoms with Crippen LogP contribution in [0.3, 0.4) is 0 Å². The number of halogens is 4. The van der Waals surface area contributed by atoms with E-state index in [-0.39, 0.29) is 10.2 Å². The fraction of sp³-hybridized carbons (Fsp3) is 0.308. The lowest BCUT2D eigenvalue weighted by molar-refractivity contribution is -0.274. The van der Waals surface area contributed by atoms with Crippen molar-refractivity contribution in [2.45, 2.75) is 19.3 Å². The lowest BCUT2D eigenvalue weighted by Gasteiger charge is -2.11. The average molecular weight is 381 g/mol. The molecule has 0 saturated carbocycles. The van der Waals surface area contributed by atoms with E-state index in [4.69, 9.17) is 0 Å². The maximum absolute atomic E-state index is 12.1. The van der Waals surface area contributed by atoms with Crippen LogP contribution in [-0.4, -0.2) is 17.9 Å². The molecule has 2 aromatic rings. The van der Waals surface area contributed by atoms with Crippen molar-refractivity contribution in [3.8, 4) is 5.75 Å². The van der Waals surface area contributed by atoms with Gasteiger partial charge in [-0.25, -0.2) is 4.98 Å². The number of aromatic nitrogens is 1. The summed E-state index contributed by atoms with van der Waals surface area (Å²) in [6.07, 6.45) is -3.87. The van der Waals surface area contributed by atoms with Gasteiger partial charge in [0.05, 0.1) is 15.7 Å². The first-order valence-corrected chi connectivity index (χ1v) is 7.79. The molecular weight excluding hydrogens is 369 g/mol. The van der Waals surface area contributed by atoms with Crippen LogP contribution in [0.5, 0.6) is 5.75 Å². The zero-order chi connectivity index (χ0) is 15.3. The average Bonchev–Trinajstić information content (AvgIpc) is 2.89. The van der Waals surface area contributed by atoms with E-state index in [9.17, 15) is 13.2 Å². The van der Waals surface area contributed by atoms with Crippen LogP contribution in [0.1, 0.15) is 11.3 Å². The van der Waals surface area contributed by atoms with Crippen LogP contribution in [0, 0.1) is 0 Å². The van der Waals surface area contributed by atoms with Crippen LogP contribution in [0.2, 0.25) is 0 Å². The van der Waals surface area contributed by atoms with E-state index in [1.165, 1.54) is 6.07 Å². The summed E-state index contributed by atoms with van der Waals surface area (Å²) in [5.41, 5.74) is 3.68. The van der Waals surface area contributed by atoms with Gasteiger partial charge in [-0.1, -0.05) is 6.07 Å². The highest BCUT2D eigenvalue weighted by molar-refractivity contribution is 9.10. The van der Waals surface area contributed by atoms with Crippen molar-refractivity contribution in [1.82, 2.24) is 10.3 Å². The molecule has 0 aliphatic carbocycles. The Balaban J connectivity index is 1.82. The molecule has 1 aromatic heterocycles. The molecule has 0 bridgehead atoms. The number of alkyl halides is 3. The van der Waals surface area contributed by atoms with Crippen molar-refractivity contribution < 1.29 is 17.9 Å². The molecule has 0 atom stereocenters. The van der Waals surface area contributed by atoms with Gasteiger partial charge in [-0.3, -0.25) is 0 Å². The number of nitrogens with one attached hydrogen (secondary N) is 1. The van der Waals surface area contributed by atoms with Gasteiger partial charge in [0, 0.05) is 24.9 Å².